The summed E-state index contributed by atoms with van der Waals surface area (Å²) in [6.07, 6.45) is 0.207. The number of carbonyl (C=O) groups excluding carboxylic acids is 1. The third-order valence-corrected chi connectivity index (χ3v) is 5.41. The van der Waals surface area contributed by atoms with Crippen LogP contribution >= 0.6 is 11.3 Å². The summed E-state index contributed by atoms with van der Waals surface area (Å²) in [5.41, 5.74) is 2.51. The van der Waals surface area contributed by atoms with E-state index < -0.39 is 0 Å². The molecule has 1 N–H and O–H groups in total. The molecule has 6 heteroatoms. The van der Waals surface area contributed by atoms with Crippen LogP contribution in [0.1, 0.15) is 29.3 Å². The molecule has 0 amide bonds. The molecule has 0 radical (unpaired) electrons. The van der Waals surface area contributed by atoms with Crippen LogP contribution in [0.2, 0.25) is 0 Å². The first-order chi connectivity index (χ1) is 13.7. The Labute approximate surface area is 165 Å². The normalized spacial score (nSPS) is 11.0. The molecule has 0 fully saturated rings. The van der Waals surface area contributed by atoms with Gasteiger partial charge in [0.2, 0.25) is 0 Å². The van der Waals surface area contributed by atoms with Crippen molar-refractivity contribution in [3.63, 3.8) is 0 Å². The molecule has 5 nitrogen and oxygen atoms in total. The third kappa shape index (κ3) is 4.02. The molecular formula is C22H18N2O3S. The highest BCUT2D eigenvalue weighted by molar-refractivity contribution is 7.17. The second kappa shape index (κ2) is 8.19. The number of nitrogens with zero attached hydrogens (tertiary/aromatic N) is 1. The SMILES string of the molecule is O=C(CC(c1ccccc1)c1ccccc1)OCc1nc2ccsc2c(=O)[nH]1. The molecule has 140 valence electrons. The molecular weight excluding hydrogens is 372 g/mol. The fourth-order valence-corrected chi connectivity index (χ4v) is 3.89. The number of H-pyrrole nitrogens is 1. The van der Waals surface area contributed by atoms with Crippen molar-refractivity contribution in [2.45, 2.75) is 18.9 Å². The van der Waals surface area contributed by atoms with Gasteiger partial charge in [0.15, 0.2) is 0 Å². The summed E-state index contributed by atoms with van der Waals surface area (Å²) in [5, 5.41) is 1.81. The average molecular weight is 390 g/mol. The number of aromatic amines is 1. The number of carbonyl (C=O) groups is 1. The fraction of sp³-hybridized carbons (Fsp3) is 0.136. The zero-order valence-corrected chi connectivity index (χ0v) is 15.8. The summed E-state index contributed by atoms with van der Waals surface area (Å²) in [6.45, 7) is -0.0594. The molecule has 0 atom stereocenters. The highest BCUT2D eigenvalue weighted by Gasteiger charge is 2.19. The number of nitrogens with one attached hydrogen (secondary N) is 1. The van der Waals surface area contributed by atoms with Crippen LogP contribution in [0, 0.1) is 0 Å². The Morgan fingerprint density at radius 1 is 1.00 bits per heavy atom. The van der Waals surface area contributed by atoms with Crippen molar-refractivity contribution in [1.82, 2.24) is 9.97 Å². The van der Waals surface area contributed by atoms with Gasteiger partial charge in [0, 0.05) is 5.92 Å². The summed E-state index contributed by atoms with van der Waals surface area (Å²) in [7, 11) is 0. The maximum absolute atomic E-state index is 12.5. The summed E-state index contributed by atoms with van der Waals surface area (Å²) in [4.78, 5) is 31.6. The number of thiophene rings is 1. The predicted molar refractivity (Wildman–Crippen MR) is 109 cm³/mol. The zero-order chi connectivity index (χ0) is 19.3. The van der Waals surface area contributed by atoms with Crippen LogP contribution in [-0.4, -0.2) is 15.9 Å². The largest absolute Gasteiger partial charge is 0.457 e. The van der Waals surface area contributed by atoms with E-state index in [1.165, 1.54) is 11.3 Å². The fourth-order valence-electron chi connectivity index (χ4n) is 3.16. The minimum Gasteiger partial charge on any atom is -0.457 e. The molecule has 2 aromatic heterocycles. The van der Waals surface area contributed by atoms with Crippen LogP contribution in [0.5, 0.6) is 0 Å². The monoisotopic (exact) mass is 390 g/mol. The molecule has 2 heterocycles. The first-order valence-corrected chi connectivity index (χ1v) is 9.80. The van der Waals surface area contributed by atoms with Gasteiger partial charge in [0.25, 0.3) is 5.56 Å². The predicted octanol–water partition coefficient (Wildman–Crippen LogP) is 4.25. The number of ether oxygens (including phenoxy) is 1. The van der Waals surface area contributed by atoms with Crippen molar-refractivity contribution in [3.8, 4) is 0 Å². The second-order valence-corrected chi connectivity index (χ2v) is 7.30. The first-order valence-electron chi connectivity index (χ1n) is 8.92. The smallest absolute Gasteiger partial charge is 0.307 e. The molecule has 0 saturated heterocycles. The maximum atomic E-state index is 12.5. The van der Waals surface area contributed by atoms with Crippen molar-refractivity contribution >= 4 is 27.5 Å². The maximum Gasteiger partial charge on any atom is 0.307 e. The van der Waals surface area contributed by atoms with E-state index in [1.807, 2.05) is 66.0 Å². The molecule has 0 aliphatic heterocycles. The van der Waals surface area contributed by atoms with E-state index in [0.29, 0.717) is 16.0 Å². The summed E-state index contributed by atoms with van der Waals surface area (Å²) in [5.74, 6) is -0.0905. The molecule has 2 aromatic carbocycles. The Kier molecular flexibility index (Phi) is 5.30. The van der Waals surface area contributed by atoms with E-state index in [-0.39, 0.29) is 30.5 Å². The van der Waals surface area contributed by atoms with Crippen LogP contribution in [0.15, 0.2) is 76.9 Å². The molecule has 0 unspecified atom stereocenters. The van der Waals surface area contributed by atoms with Gasteiger partial charge in [-0.15, -0.1) is 11.3 Å². The van der Waals surface area contributed by atoms with Gasteiger partial charge in [-0.25, -0.2) is 4.98 Å². The summed E-state index contributed by atoms with van der Waals surface area (Å²) < 4.78 is 5.99. The first kappa shape index (κ1) is 18.1. The highest BCUT2D eigenvalue weighted by Crippen LogP contribution is 2.28. The Hall–Kier alpha value is -3.25. The van der Waals surface area contributed by atoms with Crippen molar-refractivity contribution < 1.29 is 9.53 Å². The van der Waals surface area contributed by atoms with E-state index in [9.17, 15) is 9.59 Å². The molecule has 0 spiro atoms. The quantitative estimate of drug-likeness (QED) is 0.500. The lowest BCUT2D eigenvalue weighted by molar-refractivity contribution is -0.145. The van der Waals surface area contributed by atoms with Crippen molar-refractivity contribution in [3.05, 3.63) is 99.4 Å². The average Bonchev–Trinajstić information content (AvgIpc) is 3.21. The van der Waals surface area contributed by atoms with Crippen LogP contribution in [0.3, 0.4) is 0 Å². The number of hydrogen-bond donors (Lipinski definition) is 1. The van der Waals surface area contributed by atoms with Gasteiger partial charge in [-0.05, 0) is 22.6 Å². The molecule has 4 rings (SSSR count). The zero-order valence-electron chi connectivity index (χ0n) is 15.0. The van der Waals surface area contributed by atoms with Crippen LogP contribution in [0.4, 0.5) is 0 Å². The lowest BCUT2D eigenvalue weighted by Crippen LogP contribution is -2.15. The van der Waals surface area contributed by atoms with Crippen LogP contribution in [0.25, 0.3) is 10.2 Å². The molecule has 0 aliphatic carbocycles. The minimum absolute atomic E-state index is 0.0594. The number of fused-ring (bicyclic) bond motifs is 1. The number of rotatable bonds is 6. The molecule has 4 aromatic rings. The van der Waals surface area contributed by atoms with Gasteiger partial charge < -0.3 is 9.72 Å². The molecule has 0 aliphatic rings. The van der Waals surface area contributed by atoms with Crippen LogP contribution < -0.4 is 5.56 Å². The molecule has 28 heavy (non-hydrogen) atoms. The lowest BCUT2D eigenvalue weighted by atomic mass is 9.89. The van der Waals surface area contributed by atoms with Gasteiger partial charge in [0.05, 0.1) is 11.9 Å². The number of esters is 1. The Balaban J connectivity index is 1.49. The topological polar surface area (TPSA) is 72.0 Å². The third-order valence-electron chi connectivity index (χ3n) is 4.51. The van der Waals surface area contributed by atoms with E-state index in [4.69, 9.17) is 4.74 Å². The summed E-state index contributed by atoms with van der Waals surface area (Å²) >= 11 is 1.34. The van der Waals surface area contributed by atoms with Gasteiger partial charge >= 0.3 is 5.97 Å². The molecule has 0 bridgehead atoms. The Morgan fingerprint density at radius 2 is 1.64 bits per heavy atom. The van der Waals surface area contributed by atoms with Crippen molar-refractivity contribution in [1.29, 1.82) is 0 Å². The van der Waals surface area contributed by atoms with Crippen LogP contribution in [-0.2, 0) is 16.1 Å². The Morgan fingerprint density at radius 3 is 2.29 bits per heavy atom. The van der Waals surface area contributed by atoms with Gasteiger partial charge in [-0.1, -0.05) is 60.7 Å². The van der Waals surface area contributed by atoms with E-state index in [2.05, 4.69) is 9.97 Å². The van der Waals surface area contributed by atoms with Crippen molar-refractivity contribution in [2.75, 3.05) is 0 Å². The van der Waals surface area contributed by atoms with Crippen molar-refractivity contribution in [2.24, 2.45) is 0 Å². The number of aromatic nitrogens is 2. The second-order valence-electron chi connectivity index (χ2n) is 6.39. The van der Waals surface area contributed by atoms with Gasteiger partial charge in [-0.2, -0.15) is 0 Å². The lowest BCUT2D eigenvalue weighted by Gasteiger charge is -2.17. The molecule has 0 saturated carbocycles. The highest BCUT2D eigenvalue weighted by atomic mass is 32.1. The minimum atomic E-state index is -0.342. The summed E-state index contributed by atoms with van der Waals surface area (Å²) in [6, 6.07) is 21.6. The van der Waals surface area contributed by atoms with E-state index >= 15 is 0 Å². The van der Waals surface area contributed by atoms with E-state index in [0.717, 1.165) is 11.1 Å². The Bertz CT molecular complexity index is 1100. The standard InChI is InChI=1S/C22H18N2O3S/c25-20(27-14-19-23-18-11-12-28-21(18)22(26)24-19)13-17(15-7-3-1-4-8-15)16-9-5-2-6-10-16/h1-12,17H,13-14H2,(H,23,24,26). The number of hydrogen-bond acceptors (Lipinski definition) is 5. The van der Waals surface area contributed by atoms with Gasteiger partial charge in [0.1, 0.15) is 17.1 Å². The van der Waals surface area contributed by atoms with Gasteiger partial charge in [-0.3, -0.25) is 9.59 Å². The van der Waals surface area contributed by atoms with E-state index in [1.54, 1.807) is 6.07 Å². The number of benzene rings is 2.